The number of rotatable bonds is 3. The summed E-state index contributed by atoms with van der Waals surface area (Å²) >= 11 is 0. The van der Waals surface area contributed by atoms with Crippen molar-refractivity contribution in [1.82, 2.24) is 29.9 Å². The number of aromatic nitrogens is 5. The van der Waals surface area contributed by atoms with Gasteiger partial charge in [0.15, 0.2) is 0 Å². The first-order valence-electron chi connectivity index (χ1n) is 8.27. The molecule has 0 radical (unpaired) electrons. The summed E-state index contributed by atoms with van der Waals surface area (Å²) in [6, 6.07) is 5.15. The predicted molar refractivity (Wildman–Crippen MR) is 88.4 cm³/mol. The molecule has 8 nitrogen and oxygen atoms in total. The highest BCUT2D eigenvalue weighted by atomic mass is 16.4. The van der Waals surface area contributed by atoms with Crippen LogP contribution in [0.2, 0.25) is 0 Å². The SMILES string of the molecule is Cn1nccc1C(=O)N1CCCC[C@@H]1c1nnc(-c2ccncc2)o1. The molecule has 3 aromatic heterocycles. The Bertz CT molecular complexity index is 872. The Morgan fingerprint density at radius 3 is 2.76 bits per heavy atom. The molecule has 25 heavy (non-hydrogen) atoms. The quantitative estimate of drug-likeness (QED) is 0.727. The minimum absolute atomic E-state index is 0.0617. The van der Waals surface area contributed by atoms with Crippen molar-refractivity contribution in [3.63, 3.8) is 0 Å². The molecule has 1 fully saturated rings. The lowest BCUT2D eigenvalue weighted by Gasteiger charge is -2.33. The van der Waals surface area contributed by atoms with Gasteiger partial charge in [-0.1, -0.05) is 0 Å². The lowest BCUT2D eigenvalue weighted by Crippen LogP contribution is -2.39. The molecular formula is C17H18N6O2. The number of hydrogen-bond acceptors (Lipinski definition) is 6. The van der Waals surface area contributed by atoms with Gasteiger partial charge in [0.1, 0.15) is 11.7 Å². The zero-order valence-corrected chi connectivity index (χ0v) is 13.9. The molecule has 128 valence electrons. The molecule has 0 aliphatic carbocycles. The molecule has 0 spiro atoms. The van der Waals surface area contributed by atoms with E-state index in [-0.39, 0.29) is 11.9 Å². The van der Waals surface area contributed by atoms with Crippen molar-refractivity contribution in [2.75, 3.05) is 6.54 Å². The van der Waals surface area contributed by atoms with Gasteiger partial charge < -0.3 is 9.32 Å². The summed E-state index contributed by atoms with van der Waals surface area (Å²) in [4.78, 5) is 18.7. The zero-order valence-electron chi connectivity index (χ0n) is 13.9. The molecule has 8 heteroatoms. The highest BCUT2D eigenvalue weighted by Gasteiger charge is 2.33. The summed E-state index contributed by atoms with van der Waals surface area (Å²) in [6.07, 6.45) is 7.77. The second-order valence-electron chi connectivity index (χ2n) is 6.03. The van der Waals surface area contributed by atoms with Crippen LogP contribution in [0, 0.1) is 0 Å². The molecule has 0 bridgehead atoms. The van der Waals surface area contributed by atoms with Crippen LogP contribution in [0.3, 0.4) is 0 Å². The fraction of sp³-hybridized carbons (Fsp3) is 0.353. The van der Waals surface area contributed by atoms with Gasteiger partial charge in [0.25, 0.3) is 5.91 Å². The topological polar surface area (TPSA) is 89.9 Å². The van der Waals surface area contributed by atoms with E-state index in [1.165, 1.54) is 0 Å². The van der Waals surface area contributed by atoms with E-state index in [1.54, 1.807) is 36.4 Å². The highest BCUT2D eigenvalue weighted by Crippen LogP contribution is 2.32. The van der Waals surface area contributed by atoms with E-state index in [1.807, 2.05) is 17.0 Å². The lowest BCUT2D eigenvalue weighted by atomic mass is 10.0. The number of pyridine rings is 1. The lowest BCUT2D eigenvalue weighted by molar-refractivity contribution is 0.0561. The summed E-state index contributed by atoms with van der Waals surface area (Å²) in [5.74, 6) is 0.853. The van der Waals surface area contributed by atoms with Crippen molar-refractivity contribution in [1.29, 1.82) is 0 Å². The van der Waals surface area contributed by atoms with Crippen molar-refractivity contribution in [3.05, 3.63) is 48.4 Å². The van der Waals surface area contributed by atoms with Crippen LogP contribution >= 0.6 is 0 Å². The zero-order chi connectivity index (χ0) is 17.2. The molecule has 4 heterocycles. The highest BCUT2D eigenvalue weighted by molar-refractivity contribution is 5.92. The van der Waals surface area contributed by atoms with Crippen LogP contribution < -0.4 is 0 Å². The summed E-state index contributed by atoms with van der Waals surface area (Å²) in [7, 11) is 1.76. The van der Waals surface area contributed by atoms with Crippen molar-refractivity contribution in [2.45, 2.75) is 25.3 Å². The van der Waals surface area contributed by atoms with Gasteiger partial charge in [-0.05, 0) is 37.5 Å². The van der Waals surface area contributed by atoms with Gasteiger partial charge in [-0.2, -0.15) is 5.10 Å². The first kappa shape index (κ1) is 15.5. The van der Waals surface area contributed by atoms with Crippen LogP contribution in [-0.4, -0.2) is 42.3 Å². The molecule has 1 atom stereocenters. The normalized spacial score (nSPS) is 17.6. The van der Waals surface area contributed by atoms with Crippen LogP contribution in [0.5, 0.6) is 0 Å². The van der Waals surface area contributed by atoms with Crippen LogP contribution in [0.15, 0.2) is 41.2 Å². The molecule has 1 saturated heterocycles. The number of carbonyl (C=O) groups excluding carboxylic acids is 1. The number of amides is 1. The summed E-state index contributed by atoms with van der Waals surface area (Å²) in [5, 5.41) is 12.4. The smallest absolute Gasteiger partial charge is 0.272 e. The molecular weight excluding hydrogens is 320 g/mol. The molecule has 4 rings (SSSR count). The fourth-order valence-electron chi connectivity index (χ4n) is 3.14. The minimum atomic E-state index is -0.209. The van der Waals surface area contributed by atoms with Crippen LogP contribution in [0.1, 0.15) is 41.7 Å². The van der Waals surface area contributed by atoms with Crippen molar-refractivity contribution >= 4 is 5.91 Å². The van der Waals surface area contributed by atoms with Gasteiger partial charge in [-0.3, -0.25) is 14.5 Å². The van der Waals surface area contributed by atoms with Crippen molar-refractivity contribution < 1.29 is 9.21 Å². The number of likely N-dealkylation sites (tertiary alicyclic amines) is 1. The third kappa shape index (κ3) is 2.90. The average Bonchev–Trinajstić information content (AvgIpc) is 3.31. The Balaban J connectivity index is 1.63. The van der Waals surface area contributed by atoms with E-state index in [0.29, 0.717) is 24.0 Å². The Hall–Kier alpha value is -3.03. The third-order valence-corrected chi connectivity index (χ3v) is 4.46. The van der Waals surface area contributed by atoms with Crippen LogP contribution in [0.25, 0.3) is 11.5 Å². The molecule has 0 unspecified atom stereocenters. The predicted octanol–water partition coefficient (Wildman–Crippen LogP) is 2.23. The Morgan fingerprint density at radius 1 is 1.16 bits per heavy atom. The summed E-state index contributed by atoms with van der Waals surface area (Å²) in [5.41, 5.74) is 1.37. The number of piperidine rings is 1. The van der Waals surface area contributed by atoms with E-state index in [0.717, 1.165) is 24.8 Å². The van der Waals surface area contributed by atoms with Gasteiger partial charge in [-0.15, -0.1) is 10.2 Å². The van der Waals surface area contributed by atoms with Crippen molar-refractivity contribution in [2.24, 2.45) is 7.05 Å². The standard InChI is InChI=1S/C17H18N6O2/c1-22-14(7-10-19-22)17(24)23-11-3-2-4-13(23)16-21-20-15(25-16)12-5-8-18-9-6-12/h5-10,13H,2-4,11H2,1H3/t13-/m1/s1. The largest absolute Gasteiger partial charge is 0.418 e. The third-order valence-electron chi connectivity index (χ3n) is 4.46. The summed E-state index contributed by atoms with van der Waals surface area (Å²) < 4.78 is 7.46. The Kier molecular flexibility index (Phi) is 4.01. The fourth-order valence-corrected chi connectivity index (χ4v) is 3.14. The monoisotopic (exact) mass is 338 g/mol. The first-order chi connectivity index (χ1) is 12.2. The van der Waals surface area contributed by atoms with E-state index in [4.69, 9.17) is 4.42 Å². The molecule has 1 aliphatic heterocycles. The molecule has 0 saturated carbocycles. The molecule has 3 aromatic rings. The Morgan fingerprint density at radius 2 is 2.00 bits per heavy atom. The van der Waals surface area contributed by atoms with Gasteiger partial charge in [0, 0.05) is 37.7 Å². The van der Waals surface area contributed by atoms with Gasteiger partial charge in [0.05, 0.1) is 0 Å². The molecule has 0 aromatic carbocycles. The van der Waals surface area contributed by atoms with Crippen molar-refractivity contribution in [3.8, 4) is 11.5 Å². The average molecular weight is 338 g/mol. The number of nitrogens with zero attached hydrogens (tertiary/aromatic N) is 6. The second-order valence-corrected chi connectivity index (χ2v) is 6.03. The number of carbonyl (C=O) groups is 1. The summed E-state index contributed by atoms with van der Waals surface area (Å²) in [6.45, 7) is 0.668. The van der Waals surface area contributed by atoms with Gasteiger partial charge in [0.2, 0.25) is 11.8 Å². The molecule has 1 amide bonds. The van der Waals surface area contributed by atoms with E-state index in [9.17, 15) is 4.79 Å². The number of aryl methyl sites for hydroxylation is 1. The van der Waals surface area contributed by atoms with E-state index < -0.39 is 0 Å². The molecule has 0 N–H and O–H groups in total. The second kappa shape index (κ2) is 6.46. The van der Waals surface area contributed by atoms with Gasteiger partial charge in [-0.25, -0.2) is 0 Å². The van der Waals surface area contributed by atoms with Crippen LogP contribution in [-0.2, 0) is 7.05 Å². The first-order valence-corrected chi connectivity index (χ1v) is 8.27. The molecule has 1 aliphatic rings. The number of hydrogen-bond donors (Lipinski definition) is 0. The van der Waals surface area contributed by atoms with E-state index >= 15 is 0 Å². The van der Waals surface area contributed by atoms with Crippen LogP contribution in [0.4, 0.5) is 0 Å². The van der Waals surface area contributed by atoms with E-state index in [2.05, 4.69) is 20.3 Å². The minimum Gasteiger partial charge on any atom is -0.418 e. The maximum Gasteiger partial charge on any atom is 0.272 e. The maximum atomic E-state index is 12.9. The Labute approximate surface area is 144 Å². The van der Waals surface area contributed by atoms with Gasteiger partial charge >= 0.3 is 0 Å². The maximum absolute atomic E-state index is 12.9.